The third kappa shape index (κ3) is 46.6. The van der Waals surface area contributed by atoms with Crippen molar-refractivity contribution in [3.63, 3.8) is 0 Å². The van der Waals surface area contributed by atoms with E-state index < -0.39 is 10.4 Å². The first-order chi connectivity index (χ1) is 17.7. The second-order valence-electron chi connectivity index (χ2n) is 8.99. The molecule has 0 spiro atoms. The molecule has 0 aromatic carbocycles. The molecule has 0 aliphatic carbocycles. The van der Waals surface area contributed by atoms with E-state index in [1.807, 2.05) is 0 Å². The van der Waals surface area contributed by atoms with Gasteiger partial charge in [-0.25, -0.2) is 0 Å². The summed E-state index contributed by atoms with van der Waals surface area (Å²) in [6.45, 7) is 5.60. The Bertz CT molecular complexity index is 460. The maximum absolute atomic E-state index is 8.89. The zero-order valence-electron chi connectivity index (χ0n) is 23.6. The van der Waals surface area contributed by atoms with Gasteiger partial charge < -0.3 is 29.5 Å². The van der Waals surface area contributed by atoms with Crippen LogP contribution in [0, 0.1) is 0 Å². The van der Waals surface area contributed by atoms with Gasteiger partial charge in [0.15, 0.2) is 0 Å². The van der Waals surface area contributed by atoms with Gasteiger partial charge in [0.1, 0.15) is 34.5 Å². The second kappa shape index (κ2) is 34.4. The lowest BCUT2D eigenvalue weighted by atomic mass is 10.1. The van der Waals surface area contributed by atoms with E-state index in [0.717, 1.165) is 23.0 Å². The molecule has 0 aliphatic rings. The molecule has 4 N–H and O–H groups in total. The molecule has 8 nitrogen and oxygen atoms in total. The quantitative estimate of drug-likeness (QED) is 0.0573. The van der Waals surface area contributed by atoms with Gasteiger partial charge in [0.2, 0.25) is 0 Å². The van der Waals surface area contributed by atoms with Gasteiger partial charge in [-0.1, -0.05) is 78.1 Å². The highest BCUT2D eigenvalue weighted by Crippen LogP contribution is 2.10. The summed E-state index contributed by atoms with van der Waals surface area (Å²) in [4.78, 5) is 0. The Labute approximate surface area is 234 Å². The van der Waals surface area contributed by atoms with Crippen molar-refractivity contribution >= 4 is 32.2 Å². The van der Waals surface area contributed by atoms with Crippen LogP contribution in [0.25, 0.3) is 0 Å². The highest BCUT2D eigenvalue weighted by molar-refractivity contribution is 7.97. The average Bonchev–Trinajstić information content (AvgIpc) is 2.83. The highest BCUT2D eigenvalue weighted by Gasteiger charge is 2.16. The average molecular weight is 595 g/mol. The zero-order chi connectivity index (χ0) is 28.6. The molecule has 0 atom stereocenters. The van der Waals surface area contributed by atoms with Gasteiger partial charge >= 0.3 is 0 Å². The van der Waals surface area contributed by atoms with Crippen LogP contribution in [0.4, 0.5) is 0 Å². The van der Waals surface area contributed by atoms with Crippen LogP contribution in [0.1, 0.15) is 104 Å². The second-order valence-corrected chi connectivity index (χ2v) is 14.7. The van der Waals surface area contributed by atoms with Gasteiger partial charge in [-0.3, -0.25) is 8.42 Å². The largest absolute Gasteiger partial charge is 0.759 e. The van der Waals surface area contributed by atoms with Crippen LogP contribution >= 0.6 is 0 Å². The lowest BCUT2D eigenvalue weighted by Crippen LogP contribution is -2.20. The minimum atomic E-state index is -5.17. The molecule has 0 unspecified atom stereocenters. The van der Waals surface area contributed by atoms with Crippen molar-refractivity contribution in [3.05, 3.63) is 0 Å². The van der Waals surface area contributed by atoms with E-state index in [-0.39, 0.29) is 48.2 Å². The van der Waals surface area contributed by atoms with Gasteiger partial charge in [0.05, 0.1) is 26.4 Å². The van der Waals surface area contributed by atoms with Crippen LogP contribution in [-0.2, 0) is 32.2 Å². The van der Waals surface area contributed by atoms with Crippen LogP contribution in [0.15, 0.2) is 0 Å². The molecular weight excluding hydrogens is 536 g/mol. The van der Waals surface area contributed by atoms with Gasteiger partial charge in [0.25, 0.3) is 0 Å². The van der Waals surface area contributed by atoms with E-state index in [1.54, 1.807) is 0 Å². The predicted molar refractivity (Wildman–Crippen MR) is 159 cm³/mol. The Morgan fingerprint density at radius 1 is 0.459 bits per heavy atom. The standard InChI is InChI=1S/2C13H29O2S.H2O4S/c2*1-2-3-4-5-6-7-8-11-16(12-9-14)13-10-15;1-5(2,3)4/h2*14-15H,2-13H2,1H3;(H2,1,2,3,4)/q2*+1;/p-2. The van der Waals surface area contributed by atoms with Crippen molar-refractivity contribution in [2.24, 2.45) is 0 Å². The van der Waals surface area contributed by atoms with Crippen molar-refractivity contribution in [1.82, 2.24) is 0 Å². The van der Waals surface area contributed by atoms with E-state index in [4.69, 9.17) is 37.9 Å². The summed E-state index contributed by atoms with van der Waals surface area (Å²) in [5, 5.41) is 35.6. The molecule has 0 saturated carbocycles. The summed E-state index contributed by atoms with van der Waals surface area (Å²) in [6, 6.07) is 0. The number of rotatable bonds is 24. The molecule has 0 aromatic rings. The van der Waals surface area contributed by atoms with Crippen molar-refractivity contribution in [3.8, 4) is 0 Å². The Kier molecular flexibility index (Phi) is 39.0. The molecule has 0 amide bonds. The van der Waals surface area contributed by atoms with E-state index >= 15 is 0 Å². The maximum Gasteiger partial charge on any atom is 0.131 e. The molecule has 0 saturated heterocycles. The van der Waals surface area contributed by atoms with E-state index in [0.29, 0.717) is 0 Å². The molecule has 0 radical (unpaired) electrons. The number of hydrogen-bond acceptors (Lipinski definition) is 8. The van der Waals surface area contributed by atoms with E-state index in [2.05, 4.69) is 13.8 Å². The zero-order valence-corrected chi connectivity index (χ0v) is 26.1. The first-order valence-corrected chi connectivity index (χ1v) is 18.9. The molecule has 0 heterocycles. The van der Waals surface area contributed by atoms with Gasteiger partial charge in [-0.05, 0) is 47.5 Å². The molecule has 11 heteroatoms. The highest BCUT2D eigenvalue weighted by atomic mass is 32.3. The van der Waals surface area contributed by atoms with Crippen LogP contribution < -0.4 is 0 Å². The van der Waals surface area contributed by atoms with Crippen LogP contribution in [0.5, 0.6) is 0 Å². The summed E-state index contributed by atoms with van der Waals surface area (Å²) in [7, 11) is -4.63. The summed E-state index contributed by atoms with van der Waals surface area (Å²) in [5.41, 5.74) is 0. The Morgan fingerprint density at radius 3 is 0.892 bits per heavy atom. The smallest absolute Gasteiger partial charge is 0.131 e. The molecule has 228 valence electrons. The number of hydrogen-bond donors (Lipinski definition) is 4. The van der Waals surface area contributed by atoms with Crippen LogP contribution in [0.2, 0.25) is 0 Å². The lowest BCUT2D eigenvalue weighted by molar-refractivity contribution is 0.316. The number of unbranched alkanes of at least 4 members (excludes halogenated alkanes) is 12. The minimum Gasteiger partial charge on any atom is -0.759 e. The van der Waals surface area contributed by atoms with Crippen molar-refractivity contribution < 1.29 is 37.9 Å². The lowest BCUT2D eigenvalue weighted by Gasteiger charge is -2.06. The first-order valence-electron chi connectivity index (χ1n) is 14.1. The molecule has 0 rings (SSSR count). The topological polar surface area (TPSA) is 161 Å². The summed E-state index contributed by atoms with van der Waals surface area (Å²) >= 11 is 0. The van der Waals surface area contributed by atoms with Gasteiger partial charge in [-0.2, -0.15) is 0 Å². The number of aliphatic hydroxyl groups is 4. The summed E-state index contributed by atoms with van der Waals surface area (Å²) < 4.78 is 34.1. The molecule has 0 fully saturated rings. The molecule has 0 bridgehead atoms. The molecular formula is C26H58O8S3. The Balaban J connectivity index is -0.000000528. The van der Waals surface area contributed by atoms with Gasteiger partial charge in [-0.15, -0.1) is 0 Å². The van der Waals surface area contributed by atoms with Crippen molar-refractivity contribution in [2.45, 2.75) is 104 Å². The first kappa shape index (κ1) is 41.9. The predicted octanol–water partition coefficient (Wildman–Crippen LogP) is 3.34. The SMILES string of the molecule is CCCCCCCCC[S+](CCO)CCO.CCCCCCCCC[S+](CCO)CCO.O=S(=O)([O-])[O-]. The van der Waals surface area contributed by atoms with Crippen LogP contribution in [-0.4, -0.2) is 98.9 Å². The monoisotopic (exact) mass is 594 g/mol. The number of aliphatic hydroxyl groups excluding tert-OH is 4. The van der Waals surface area contributed by atoms with Crippen molar-refractivity contribution in [2.75, 3.05) is 60.9 Å². The third-order valence-corrected chi connectivity index (χ3v) is 10.4. The van der Waals surface area contributed by atoms with E-state index in [1.165, 1.54) is 101 Å². The van der Waals surface area contributed by atoms with Crippen molar-refractivity contribution in [1.29, 1.82) is 0 Å². The van der Waals surface area contributed by atoms with Gasteiger partial charge in [0, 0.05) is 10.4 Å². The summed E-state index contributed by atoms with van der Waals surface area (Å²) in [6.07, 6.45) is 18.8. The maximum atomic E-state index is 8.89. The summed E-state index contributed by atoms with van der Waals surface area (Å²) in [5.74, 6) is 5.95. The fourth-order valence-electron chi connectivity index (χ4n) is 3.66. The van der Waals surface area contributed by atoms with E-state index in [9.17, 15) is 0 Å². The normalized spacial score (nSPS) is 11.3. The minimum absolute atomic E-state index is 0.267. The third-order valence-electron chi connectivity index (χ3n) is 5.59. The molecule has 0 aromatic heterocycles. The fourth-order valence-corrected chi connectivity index (χ4v) is 7.14. The molecule has 0 aliphatic heterocycles. The Hall–Kier alpha value is 0.410. The Morgan fingerprint density at radius 2 is 0.676 bits per heavy atom. The fraction of sp³-hybridized carbons (Fsp3) is 1.00. The van der Waals surface area contributed by atoms with Crippen LogP contribution in [0.3, 0.4) is 0 Å². The molecule has 37 heavy (non-hydrogen) atoms.